The van der Waals surface area contributed by atoms with Gasteiger partial charge in [-0.25, -0.2) is 13.1 Å². The summed E-state index contributed by atoms with van der Waals surface area (Å²) in [6.07, 6.45) is 10.1. The number of hydrogen-bond acceptors (Lipinski definition) is 9. The lowest BCUT2D eigenvalue weighted by Gasteiger charge is -2.44. The summed E-state index contributed by atoms with van der Waals surface area (Å²) in [5.41, 5.74) is 2.84. The molecular formula is C38H50ClN5O8S2. The number of anilines is 1. The Morgan fingerprint density at radius 3 is 2.52 bits per heavy atom. The normalized spacial score (nSPS) is 28.2. The van der Waals surface area contributed by atoms with Crippen molar-refractivity contribution >= 4 is 49.3 Å². The molecule has 16 heteroatoms. The lowest BCUT2D eigenvalue weighted by Crippen LogP contribution is -2.56. The van der Waals surface area contributed by atoms with Crippen LogP contribution in [0.25, 0.3) is 0 Å². The number of rotatable bonds is 4. The molecule has 3 aliphatic heterocycles. The van der Waals surface area contributed by atoms with Crippen molar-refractivity contribution < 1.29 is 35.9 Å². The van der Waals surface area contributed by atoms with Crippen LogP contribution in [0, 0.1) is 11.8 Å². The number of piperazine rings is 1. The Bertz CT molecular complexity index is 2040. The molecule has 2 bridgehead atoms. The van der Waals surface area contributed by atoms with Crippen LogP contribution < -0.4 is 19.1 Å². The molecule has 2 amide bonds. The molecule has 2 aromatic carbocycles. The number of benzene rings is 2. The molecule has 2 aliphatic carbocycles. The maximum atomic E-state index is 14.0. The number of halogens is 1. The minimum absolute atomic E-state index is 0.0202. The molecule has 1 spiro atoms. The van der Waals surface area contributed by atoms with Crippen molar-refractivity contribution in [1.82, 2.24) is 18.2 Å². The monoisotopic (exact) mass is 803 g/mol. The maximum absolute atomic E-state index is 14.0. The largest absolute Gasteiger partial charge is 0.495 e. The van der Waals surface area contributed by atoms with E-state index in [1.807, 2.05) is 12.1 Å². The molecule has 4 atom stereocenters. The second-order valence-electron chi connectivity index (χ2n) is 15.5. The van der Waals surface area contributed by atoms with E-state index < -0.39 is 37.3 Å². The number of hydrogen-bond donors (Lipinski definition) is 1. The van der Waals surface area contributed by atoms with Gasteiger partial charge >= 0.3 is 0 Å². The molecule has 1 N–H and O–H groups in total. The molecule has 0 radical (unpaired) electrons. The van der Waals surface area contributed by atoms with Crippen LogP contribution in [0.1, 0.15) is 66.4 Å². The number of nitrogens with one attached hydrogen (secondary N) is 1. The van der Waals surface area contributed by atoms with Gasteiger partial charge in [0.2, 0.25) is 15.9 Å². The average Bonchev–Trinajstić information content (AvgIpc) is 3.28. The molecule has 0 unspecified atom stereocenters. The lowest BCUT2D eigenvalue weighted by molar-refractivity contribution is -0.132. The van der Waals surface area contributed by atoms with Gasteiger partial charge in [0, 0.05) is 64.3 Å². The highest BCUT2D eigenvalue weighted by molar-refractivity contribution is 7.91. The lowest BCUT2D eigenvalue weighted by atomic mass is 9.69. The zero-order valence-corrected chi connectivity index (χ0v) is 33.5. The minimum atomic E-state index is -4.50. The van der Waals surface area contributed by atoms with Crippen LogP contribution in [0.15, 0.2) is 42.5 Å². The van der Waals surface area contributed by atoms with E-state index >= 15 is 0 Å². The van der Waals surface area contributed by atoms with E-state index in [-0.39, 0.29) is 43.6 Å². The van der Waals surface area contributed by atoms with Crippen molar-refractivity contribution in [3.05, 3.63) is 64.2 Å². The van der Waals surface area contributed by atoms with Crippen molar-refractivity contribution in [2.24, 2.45) is 11.8 Å². The number of carbonyl (C=O) groups is 2. The number of amides is 2. The fourth-order valence-corrected chi connectivity index (χ4v) is 11.5. The summed E-state index contributed by atoms with van der Waals surface area (Å²) in [6.45, 7) is 1.98. The van der Waals surface area contributed by atoms with Gasteiger partial charge in [-0.05, 0) is 105 Å². The van der Waals surface area contributed by atoms with E-state index in [2.05, 4.69) is 21.8 Å². The van der Waals surface area contributed by atoms with Gasteiger partial charge in [0.25, 0.3) is 16.1 Å². The molecule has 1 saturated carbocycles. The molecule has 3 heterocycles. The molecule has 2 aromatic rings. The zero-order chi connectivity index (χ0) is 38.4. The number of ether oxygens (including phenoxy) is 2. The highest BCUT2D eigenvalue weighted by atomic mass is 35.5. The van der Waals surface area contributed by atoms with E-state index in [0.717, 1.165) is 60.6 Å². The van der Waals surface area contributed by atoms with Crippen LogP contribution in [0.4, 0.5) is 5.69 Å². The third kappa shape index (κ3) is 7.46. The zero-order valence-electron chi connectivity index (χ0n) is 31.1. The van der Waals surface area contributed by atoms with Gasteiger partial charge in [-0.3, -0.25) is 9.59 Å². The molecule has 2 fully saturated rings. The van der Waals surface area contributed by atoms with Crippen molar-refractivity contribution in [2.75, 3.05) is 72.0 Å². The van der Waals surface area contributed by atoms with E-state index in [0.29, 0.717) is 47.9 Å². The summed E-state index contributed by atoms with van der Waals surface area (Å²) in [5, 5.41) is -0.959. The van der Waals surface area contributed by atoms with E-state index in [1.54, 1.807) is 25.3 Å². The Morgan fingerprint density at radius 1 is 1.06 bits per heavy atom. The SMILES string of the molecule is COc1cc2c(cc1Cl)CCC[C@]21COc2ccc3cc2N(C[C@@H]2CC[C@@H]2C/C=C/CC[C@@H](C(=O)N2CCN(S(=O)(=O)N(C)C)CC2)S(=O)(=O)NC3=O)C1. The van der Waals surface area contributed by atoms with Gasteiger partial charge in [0.1, 0.15) is 11.5 Å². The highest BCUT2D eigenvalue weighted by Crippen LogP contribution is 2.48. The van der Waals surface area contributed by atoms with E-state index in [4.69, 9.17) is 21.1 Å². The van der Waals surface area contributed by atoms with Crippen LogP contribution in [0.2, 0.25) is 5.02 Å². The summed E-state index contributed by atoms with van der Waals surface area (Å²) < 4.78 is 70.1. The van der Waals surface area contributed by atoms with Gasteiger partial charge < -0.3 is 19.3 Å². The fraction of sp³-hybridized carbons (Fsp3) is 0.579. The van der Waals surface area contributed by atoms with Gasteiger partial charge in [-0.2, -0.15) is 17.0 Å². The first kappa shape index (κ1) is 38.9. The van der Waals surface area contributed by atoms with Crippen LogP contribution in [0.5, 0.6) is 11.5 Å². The number of methoxy groups -OCH3 is 1. The molecule has 0 aromatic heterocycles. The smallest absolute Gasteiger partial charge is 0.281 e. The topological polar surface area (TPSA) is 146 Å². The first-order valence-corrected chi connectivity index (χ1v) is 22.1. The maximum Gasteiger partial charge on any atom is 0.281 e. The summed E-state index contributed by atoms with van der Waals surface area (Å²) in [6, 6.07) is 9.08. The quantitative estimate of drug-likeness (QED) is 0.454. The number of carbonyl (C=O) groups excluding carboxylic acids is 2. The van der Waals surface area contributed by atoms with Crippen LogP contribution >= 0.6 is 11.6 Å². The number of aryl methyl sites for hydroxylation is 1. The first-order chi connectivity index (χ1) is 25.7. The standard InChI is InChI=1S/C38H50ClN5O8S2/c1-41(2)54(49,50)44-18-16-42(17-19-44)37(46)35-10-6-4-5-8-26-11-12-29(26)23-43-24-38(15-7-9-27-20-31(39)34(51-3)22-30(27)38)25-52-33-14-13-28(21-32(33)43)36(45)40-53(35,47)48/h4-5,13-14,20-22,26,29,35H,6-12,15-19,23-25H2,1-3H3,(H,40,45)/b5-4+/t26-,29-,35-,38-/m0/s1. The van der Waals surface area contributed by atoms with Crippen LogP contribution in [-0.2, 0) is 36.9 Å². The molecule has 5 aliphatic rings. The van der Waals surface area contributed by atoms with Crippen molar-refractivity contribution in [3.63, 3.8) is 0 Å². The van der Waals surface area contributed by atoms with E-state index in [9.17, 15) is 26.4 Å². The second kappa shape index (κ2) is 15.3. The Balaban J connectivity index is 1.19. The van der Waals surface area contributed by atoms with Gasteiger partial charge in [0.05, 0.1) is 24.4 Å². The Kier molecular flexibility index (Phi) is 11.0. The van der Waals surface area contributed by atoms with E-state index in [1.165, 1.54) is 28.9 Å². The van der Waals surface area contributed by atoms with Gasteiger partial charge in [-0.1, -0.05) is 23.8 Å². The van der Waals surface area contributed by atoms with Crippen molar-refractivity contribution in [1.29, 1.82) is 0 Å². The molecule has 54 heavy (non-hydrogen) atoms. The van der Waals surface area contributed by atoms with Gasteiger partial charge in [-0.15, -0.1) is 0 Å². The fourth-order valence-electron chi connectivity index (χ4n) is 8.77. The molecule has 13 nitrogen and oxygen atoms in total. The molecule has 7 rings (SSSR count). The Morgan fingerprint density at radius 2 is 1.81 bits per heavy atom. The second-order valence-corrected chi connectivity index (χ2v) is 19.9. The van der Waals surface area contributed by atoms with Crippen LogP contribution in [-0.4, -0.2) is 114 Å². The van der Waals surface area contributed by atoms with Crippen molar-refractivity contribution in [2.45, 2.75) is 62.0 Å². The van der Waals surface area contributed by atoms with Crippen molar-refractivity contribution in [3.8, 4) is 11.5 Å². The Hall–Kier alpha value is -3.37. The Labute approximate surface area is 323 Å². The third-order valence-corrected chi connectivity index (χ3v) is 16.0. The third-order valence-electron chi connectivity index (χ3n) is 12.1. The average molecular weight is 804 g/mol. The highest BCUT2D eigenvalue weighted by Gasteiger charge is 2.44. The number of sulfonamides is 1. The summed E-state index contributed by atoms with van der Waals surface area (Å²) >= 11 is 6.58. The minimum Gasteiger partial charge on any atom is -0.495 e. The number of nitrogens with zero attached hydrogens (tertiary/aromatic N) is 4. The van der Waals surface area contributed by atoms with Crippen LogP contribution in [0.3, 0.4) is 0 Å². The predicted octanol–water partition coefficient (Wildman–Crippen LogP) is 3.97. The predicted molar refractivity (Wildman–Crippen MR) is 207 cm³/mol. The van der Waals surface area contributed by atoms with Gasteiger partial charge in [0.15, 0.2) is 5.25 Å². The first-order valence-electron chi connectivity index (χ1n) is 18.8. The molecule has 1 saturated heterocycles. The molecule has 294 valence electrons. The summed E-state index contributed by atoms with van der Waals surface area (Å²) in [7, 11) is -3.69. The summed E-state index contributed by atoms with van der Waals surface area (Å²) in [5.74, 6) is 0.618. The molecular weight excluding hydrogens is 754 g/mol. The summed E-state index contributed by atoms with van der Waals surface area (Å²) in [4.78, 5) is 31.5. The number of allylic oxidation sites excluding steroid dienone is 2. The number of fused-ring (bicyclic) bond motifs is 4.